The van der Waals surface area contributed by atoms with E-state index in [1.54, 1.807) is 0 Å². The van der Waals surface area contributed by atoms with Gasteiger partial charge in [-0.15, -0.1) is 0 Å². The third-order valence-corrected chi connectivity index (χ3v) is 5.33. The van der Waals surface area contributed by atoms with Crippen molar-refractivity contribution in [3.8, 4) is 0 Å². The quantitative estimate of drug-likeness (QED) is 0.423. The lowest BCUT2D eigenvalue weighted by molar-refractivity contribution is 0.985. The van der Waals surface area contributed by atoms with Crippen molar-refractivity contribution in [2.45, 2.75) is 13.8 Å². The molecule has 1 aromatic heterocycles. The number of nitrogens with zero attached hydrogens (tertiary/aromatic N) is 3. The van der Waals surface area contributed by atoms with Crippen molar-refractivity contribution >= 4 is 51.1 Å². The first-order valence-corrected chi connectivity index (χ1v) is 9.85. The van der Waals surface area contributed by atoms with Crippen LogP contribution in [0.5, 0.6) is 0 Å². The highest BCUT2D eigenvalue weighted by Crippen LogP contribution is 2.36. The Balaban J connectivity index is 1.75. The van der Waals surface area contributed by atoms with Crippen LogP contribution >= 0.6 is 11.6 Å². The molecular formula is C23H22ClN5. The summed E-state index contributed by atoms with van der Waals surface area (Å²) in [5, 5.41) is 6.27. The Hall–Kier alpha value is -3.31. The first-order valence-electron chi connectivity index (χ1n) is 9.47. The van der Waals surface area contributed by atoms with Crippen LogP contribution in [-0.2, 0) is 0 Å². The molecule has 0 spiro atoms. The summed E-state index contributed by atoms with van der Waals surface area (Å²) in [6.07, 6.45) is 1.53. The van der Waals surface area contributed by atoms with Crippen LogP contribution in [0.2, 0.25) is 5.02 Å². The van der Waals surface area contributed by atoms with E-state index in [1.807, 2.05) is 43.3 Å². The van der Waals surface area contributed by atoms with E-state index in [1.165, 1.54) is 11.7 Å². The van der Waals surface area contributed by atoms with Crippen LogP contribution in [-0.4, -0.2) is 16.5 Å². The molecule has 0 unspecified atom stereocenters. The van der Waals surface area contributed by atoms with Gasteiger partial charge in [0, 0.05) is 22.6 Å². The van der Waals surface area contributed by atoms with E-state index in [2.05, 4.69) is 51.4 Å². The average Bonchev–Trinajstić information content (AvgIpc) is 2.74. The molecule has 6 heteroatoms. The molecule has 4 aromatic rings. The first kappa shape index (κ1) is 19.0. The number of hydrogen-bond donors (Lipinski definition) is 2. The maximum Gasteiger partial charge on any atom is 0.161 e. The van der Waals surface area contributed by atoms with Crippen LogP contribution < -0.4 is 16.0 Å². The molecule has 0 radical (unpaired) electrons. The van der Waals surface area contributed by atoms with Gasteiger partial charge in [-0.25, -0.2) is 9.97 Å². The van der Waals surface area contributed by atoms with Crippen LogP contribution in [0.3, 0.4) is 0 Å². The van der Waals surface area contributed by atoms with Gasteiger partial charge in [0.05, 0.1) is 5.69 Å². The average molecular weight is 404 g/mol. The second-order valence-electron chi connectivity index (χ2n) is 6.79. The van der Waals surface area contributed by atoms with Gasteiger partial charge in [-0.1, -0.05) is 54.1 Å². The SMILES string of the molecule is CCN(c1ncnc(Nc2ccc(C)c(Cl)c2)c1N)c1cccc2ccccc12. The standard InChI is InChI=1S/C23H22ClN5/c1-3-29(20-10-6-8-16-7-4-5-9-18(16)20)23-21(25)22(26-14-27-23)28-17-12-11-15(2)19(24)13-17/h4-14H,3,25H2,1-2H3,(H,26,27,28). The van der Waals surface area contributed by atoms with E-state index in [0.717, 1.165) is 22.3 Å². The number of rotatable bonds is 5. The number of benzene rings is 3. The predicted octanol–water partition coefficient (Wildman–Crippen LogP) is 6.08. The minimum absolute atomic E-state index is 0.485. The zero-order valence-corrected chi connectivity index (χ0v) is 17.1. The number of aryl methyl sites for hydroxylation is 1. The molecule has 146 valence electrons. The smallest absolute Gasteiger partial charge is 0.161 e. The van der Waals surface area contributed by atoms with E-state index in [0.29, 0.717) is 28.9 Å². The van der Waals surface area contributed by atoms with E-state index >= 15 is 0 Å². The molecular weight excluding hydrogens is 382 g/mol. The van der Waals surface area contributed by atoms with Crippen molar-refractivity contribution in [3.05, 3.63) is 77.6 Å². The summed E-state index contributed by atoms with van der Waals surface area (Å²) in [6, 6.07) is 20.3. The molecule has 29 heavy (non-hydrogen) atoms. The molecule has 0 fully saturated rings. The topological polar surface area (TPSA) is 67.1 Å². The molecule has 4 rings (SSSR count). The van der Waals surface area contributed by atoms with E-state index in [4.69, 9.17) is 17.3 Å². The van der Waals surface area contributed by atoms with Gasteiger partial charge in [-0.05, 0) is 43.0 Å². The second kappa shape index (κ2) is 7.97. The fraction of sp³-hybridized carbons (Fsp3) is 0.130. The summed E-state index contributed by atoms with van der Waals surface area (Å²) in [6.45, 7) is 4.76. The Morgan fingerprint density at radius 2 is 1.83 bits per heavy atom. The van der Waals surface area contributed by atoms with E-state index in [9.17, 15) is 0 Å². The highest BCUT2D eigenvalue weighted by atomic mass is 35.5. The molecule has 1 heterocycles. The van der Waals surface area contributed by atoms with Gasteiger partial charge in [0.25, 0.3) is 0 Å². The van der Waals surface area contributed by atoms with Crippen molar-refractivity contribution in [1.82, 2.24) is 9.97 Å². The molecule has 0 aliphatic rings. The normalized spacial score (nSPS) is 10.9. The monoisotopic (exact) mass is 403 g/mol. The molecule has 0 aliphatic carbocycles. The number of nitrogen functional groups attached to an aromatic ring is 1. The lowest BCUT2D eigenvalue weighted by Gasteiger charge is -2.25. The van der Waals surface area contributed by atoms with Crippen molar-refractivity contribution < 1.29 is 0 Å². The van der Waals surface area contributed by atoms with Gasteiger partial charge in [0.1, 0.15) is 12.0 Å². The molecule has 0 saturated heterocycles. The fourth-order valence-corrected chi connectivity index (χ4v) is 3.57. The third kappa shape index (κ3) is 3.69. The van der Waals surface area contributed by atoms with Gasteiger partial charge in [0.15, 0.2) is 11.6 Å². The minimum Gasteiger partial charge on any atom is -0.393 e. The Morgan fingerprint density at radius 3 is 2.62 bits per heavy atom. The first-order chi connectivity index (χ1) is 14.1. The molecule has 0 aliphatic heterocycles. The Labute approximate surface area is 175 Å². The van der Waals surface area contributed by atoms with Crippen molar-refractivity contribution in [3.63, 3.8) is 0 Å². The fourth-order valence-electron chi connectivity index (χ4n) is 3.39. The molecule has 0 amide bonds. The Kier molecular flexibility index (Phi) is 5.23. The molecule has 0 bridgehead atoms. The summed E-state index contributed by atoms with van der Waals surface area (Å²) in [4.78, 5) is 10.9. The predicted molar refractivity (Wildman–Crippen MR) is 123 cm³/mol. The molecule has 0 saturated carbocycles. The van der Waals surface area contributed by atoms with Crippen LogP contribution in [0, 0.1) is 6.92 Å². The van der Waals surface area contributed by atoms with Gasteiger partial charge < -0.3 is 16.0 Å². The number of anilines is 5. The molecule has 5 nitrogen and oxygen atoms in total. The number of fused-ring (bicyclic) bond motifs is 1. The zero-order chi connectivity index (χ0) is 20.4. The van der Waals surface area contributed by atoms with Crippen molar-refractivity contribution in [2.24, 2.45) is 0 Å². The van der Waals surface area contributed by atoms with E-state index < -0.39 is 0 Å². The highest BCUT2D eigenvalue weighted by molar-refractivity contribution is 6.31. The Bertz CT molecular complexity index is 1170. The summed E-state index contributed by atoms with van der Waals surface area (Å²) in [5.41, 5.74) is 9.88. The molecule has 3 N–H and O–H groups in total. The van der Waals surface area contributed by atoms with Gasteiger partial charge in [-0.3, -0.25) is 0 Å². The van der Waals surface area contributed by atoms with Crippen LogP contribution in [0.1, 0.15) is 12.5 Å². The van der Waals surface area contributed by atoms with Crippen molar-refractivity contribution in [1.29, 1.82) is 0 Å². The number of nitrogens with one attached hydrogen (secondary N) is 1. The van der Waals surface area contributed by atoms with E-state index in [-0.39, 0.29) is 0 Å². The highest BCUT2D eigenvalue weighted by Gasteiger charge is 2.17. The third-order valence-electron chi connectivity index (χ3n) is 4.93. The second-order valence-corrected chi connectivity index (χ2v) is 7.20. The van der Waals surface area contributed by atoms with Gasteiger partial charge in [-0.2, -0.15) is 0 Å². The zero-order valence-electron chi connectivity index (χ0n) is 16.4. The molecule has 0 atom stereocenters. The summed E-state index contributed by atoms with van der Waals surface area (Å²) in [5.74, 6) is 1.22. The number of nitrogens with two attached hydrogens (primary N) is 1. The summed E-state index contributed by atoms with van der Waals surface area (Å²) in [7, 11) is 0. The lowest BCUT2D eigenvalue weighted by Crippen LogP contribution is -2.20. The lowest BCUT2D eigenvalue weighted by atomic mass is 10.1. The van der Waals surface area contributed by atoms with Gasteiger partial charge in [0.2, 0.25) is 0 Å². The number of hydrogen-bond acceptors (Lipinski definition) is 5. The number of aromatic nitrogens is 2. The van der Waals surface area contributed by atoms with Crippen LogP contribution in [0.25, 0.3) is 10.8 Å². The summed E-state index contributed by atoms with van der Waals surface area (Å²) < 4.78 is 0. The largest absolute Gasteiger partial charge is 0.393 e. The molecule has 3 aromatic carbocycles. The maximum atomic E-state index is 6.49. The minimum atomic E-state index is 0.485. The number of halogens is 1. The van der Waals surface area contributed by atoms with Crippen LogP contribution in [0.15, 0.2) is 67.0 Å². The maximum absolute atomic E-state index is 6.49. The summed E-state index contributed by atoms with van der Waals surface area (Å²) >= 11 is 6.25. The van der Waals surface area contributed by atoms with Crippen LogP contribution in [0.4, 0.5) is 28.7 Å². The van der Waals surface area contributed by atoms with Gasteiger partial charge >= 0.3 is 0 Å². The van der Waals surface area contributed by atoms with Crippen molar-refractivity contribution in [2.75, 3.05) is 22.5 Å². The Morgan fingerprint density at radius 1 is 1.03 bits per heavy atom.